The van der Waals surface area contributed by atoms with Gasteiger partial charge in [-0.25, -0.2) is 0 Å². The zero-order chi connectivity index (χ0) is 20.3. The summed E-state index contributed by atoms with van der Waals surface area (Å²) >= 11 is 0. The van der Waals surface area contributed by atoms with Gasteiger partial charge < -0.3 is 20.3 Å². The molecule has 1 heterocycles. The van der Waals surface area contributed by atoms with Gasteiger partial charge in [0.25, 0.3) is 0 Å². The van der Waals surface area contributed by atoms with Gasteiger partial charge in [-0.2, -0.15) is 0 Å². The minimum atomic E-state index is 0.280. The average molecular weight is 405 g/mol. The fourth-order valence-corrected chi connectivity index (χ4v) is 6.30. The normalized spacial score (nSPS) is 32.4. The van der Waals surface area contributed by atoms with Crippen LogP contribution in [0.4, 0.5) is 0 Å². The Morgan fingerprint density at radius 3 is 2.55 bits per heavy atom. The van der Waals surface area contributed by atoms with E-state index in [2.05, 4.69) is 27.4 Å². The van der Waals surface area contributed by atoms with Crippen molar-refractivity contribution in [2.75, 3.05) is 26.7 Å². The zero-order valence-corrected chi connectivity index (χ0v) is 18.4. The highest BCUT2D eigenvalue weighted by Crippen LogP contribution is 2.53. The molecule has 4 aliphatic rings. The number of aliphatic imine (C=N–C) groups is 1. The van der Waals surface area contributed by atoms with E-state index in [1.807, 2.05) is 7.05 Å². The first kappa shape index (κ1) is 21.0. The van der Waals surface area contributed by atoms with E-state index in [4.69, 9.17) is 4.74 Å². The highest BCUT2D eigenvalue weighted by atomic mass is 16.5. The predicted octanol–water partition coefficient (Wildman–Crippen LogP) is 3.07. The number of likely N-dealkylation sites (tertiary alicyclic amines) is 1. The Labute approximate surface area is 176 Å². The van der Waals surface area contributed by atoms with Crippen LogP contribution >= 0.6 is 0 Å². The lowest BCUT2D eigenvalue weighted by molar-refractivity contribution is -0.145. The van der Waals surface area contributed by atoms with Gasteiger partial charge in [-0.3, -0.25) is 9.79 Å². The van der Waals surface area contributed by atoms with Crippen LogP contribution in [0.15, 0.2) is 4.99 Å². The van der Waals surface area contributed by atoms with Crippen LogP contribution in [0.1, 0.15) is 77.6 Å². The van der Waals surface area contributed by atoms with Gasteiger partial charge in [0, 0.05) is 50.2 Å². The fraction of sp³-hybridized carbons (Fsp3) is 0.913. The minimum absolute atomic E-state index is 0.280. The van der Waals surface area contributed by atoms with Crippen LogP contribution in [0, 0.1) is 11.3 Å². The quantitative estimate of drug-likeness (QED) is 0.546. The molecule has 3 atom stereocenters. The van der Waals surface area contributed by atoms with E-state index in [1.165, 1.54) is 44.9 Å². The van der Waals surface area contributed by atoms with Crippen molar-refractivity contribution in [3.05, 3.63) is 0 Å². The van der Waals surface area contributed by atoms with Crippen LogP contribution < -0.4 is 10.6 Å². The first-order chi connectivity index (χ1) is 14.2. The molecule has 1 spiro atoms. The number of hydrogen-bond donors (Lipinski definition) is 2. The summed E-state index contributed by atoms with van der Waals surface area (Å²) in [6.45, 7) is 4.60. The van der Waals surface area contributed by atoms with Gasteiger partial charge in [0.05, 0.1) is 6.10 Å². The Hall–Kier alpha value is -1.30. The second kappa shape index (κ2) is 9.23. The van der Waals surface area contributed by atoms with Crippen LogP contribution in [-0.4, -0.2) is 61.7 Å². The number of nitrogens with zero attached hydrogens (tertiary/aromatic N) is 2. The van der Waals surface area contributed by atoms with Crippen molar-refractivity contribution in [2.24, 2.45) is 16.3 Å². The topological polar surface area (TPSA) is 66.0 Å². The number of carbonyl (C=O) groups excluding carboxylic acids is 1. The minimum Gasteiger partial charge on any atom is -0.378 e. The van der Waals surface area contributed by atoms with Crippen LogP contribution in [-0.2, 0) is 9.53 Å². The molecular formula is C23H40N4O2. The second-order valence-electron chi connectivity index (χ2n) is 9.64. The Kier molecular flexibility index (Phi) is 6.67. The third-order valence-electron chi connectivity index (χ3n) is 8.02. The number of nitrogens with one attached hydrogen (secondary N) is 2. The lowest BCUT2D eigenvalue weighted by atomic mass is 9.55. The van der Waals surface area contributed by atoms with Crippen molar-refractivity contribution in [1.82, 2.24) is 15.5 Å². The molecular weight excluding hydrogens is 364 g/mol. The number of guanidine groups is 1. The van der Waals surface area contributed by atoms with E-state index in [-0.39, 0.29) is 11.3 Å². The molecule has 164 valence electrons. The average Bonchev–Trinajstić information content (AvgIpc) is 3.44. The molecule has 0 aromatic heterocycles. The van der Waals surface area contributed by atoms with E-state index in [0.717, 1.165) is 51.3 Å². The molecule has 2 N–H and O–H groups in total. The van der Waals surface area contributed by atoms with E-state index >= 15 is 0 Å². The lowest BCUT2D eigenvalue weighted by Gasteiger charge is -2.58. The summed E-state index contributed by atoms with van der Waals surface area (Å²) in [5, 5.41) is 7.35. The van der Waals surface area contributed by atoms with Gasteiger partial charge in [-0.1, -0.05) is 32.1 Å². The maximum absolute atomic E-state index is 12.7. The molecule has 6 nitrogen and oxygen atoms in total. The molecule has 3 aliphatic carbocycles. The Morgan fingerprint density at radius 1 is 1.10 bits per heavy atom. The van der Waals surface area contributed by atoms with Crippen LogP contribution in [0.3, 0.4) is 0 Å². The molecule has 1 amide bonds. The second-order valence-corrected chi connectivity index (χ2v) is 9.64. The number of ether oxygens (including phenoxy) is 1. The summed E-state index contributed by atoms with van der Waals surface area (Å²) in [5.41, 5.74) is 0.284. The molecule has 6 heteroatoms. The summed E-state index contributed by atoms with van der Waals surface area (Å²) in [6.07, 6.45) is 13.6. The molecule has 0 aromatic carbocycles. The maximum atomic E-state index is 12.7. The first-order valence-electron chi connectivity index (χ1n) is 12.1. The zero-order valence-electron chi connectivity index (χ0n) is 18.4. The van der Waals surface area contributed by atoms with Gasteiger partial charge in [0.15, 0.2) is 5.96 Å². The van der Waals surface area contributed by atoms with Gasteiger partial charge in [-0.05, 0) is 45.4 Å². The number of rotatable bonds is 5. The summed E-state index contributed by atoms with van der Waals surface area (Å²) < 4.78 is 6.09. The SMILES string of the molecule is CCOC1CC(NC(=NC)NC2CCN(C(=O)C3CCCC3)C2)C12CCCCC2. The smallest absolute Gasteiger partial charge is 0.225 e. The number of hydrogen-bond acceptors (Lipinski definition) is 3. The predicted molar refractivity (Wildman–Crippen MR) is 116 cm³/mol. The molecule has 4 rings (SSSR count). The van der Waals surface area contributed by atoms with Crippen LogP contribution in [0.2, 0.25) is 0 Å². The van der Waals surface area contributed by atoms with Crippen molar-refractivity contribution >= 4 is 11.9 Å². The third-order valence-corrected chi connectivity index (χ3v) is 8.02. The Morgan fingerprint density at radius 2 is 1.86 bits per heavy atom. The summed E-state index contributed by atoms with van der Waals surface area (Å²) in [5.74, 6) is 1.56. The van der Waals surface area contributed by atoms with Crippen molar-refractivity contribution in [2.45, 2.75) is 95.7 Å². The molecule has 0 radical (unpaired) electrons. The van der Waals surface area contributed by atoms with Crippen molar-refractivity contribution < 1.29 is 9.53 Å². The number of amides is 1. The highest BCUT2D eigenvalue weighted by molar-refractivity contribution is 5.82. The third kappa shape index (κ3) is 4.28. The standard InChI is InChI=1S/C23H40N4O2/c1-3-29-20-15-19(23(20)12-7-4-8-13-23)26-22(24-2)25-18-11-14-27(16-18)21(28)17-9-5-6-10-17/h17-20H,3-16H2,1-2H3,(H2,24,25,26). The molecule has 3 unspecified atom stereocenters. The largest absolute Gasteiger partial charge is 0.378 e. The highest BCUT2D eigenvalue weighted by Gasteiger charge is 2.56. The van der Waals surface area contributed by atoms with Gasteiger partial charge in [0.2, 0.25) is 5.91 Å². The van der Waals surface area contributed by atoms with Crippen molar-refractivity contribution in [3.8, 4) is 0 Å². The van der Waals surface area contributed by atoms with E-state index in [0.29, 0.717) is 24.1 Å². The summed E-state index contributed by atoms with van der Waals surface area (Å²) in [6, 6.07) is 0.750. The molecule has 1 aliphatic heterocycles. The molecule has 29 heavy (non-hydrogen) atoms. The van der Waals surface area contributed by atoms with Gasteiger partial charge in [-0.15, -0.1) is 0 Å². The van der Waals surface area contributed by atoms with E-state index in [1.54, 1.807) is 0 Å². The van der Waals surface area contributed by atoms with Gasteiger partial charge in [0.1, 0.15) is 0 Å². The first-order valence-corrected chi connectivity index (χ1v) is 12.1. The van der Waals surface area contributed by atoms with Gasteiger partial charge >= 0.3 is 0 Å². The monoisotopic (exact) mass is 404 g/mol. The van der Waals surface area contributed by atoms with Crippen molar-refractivity contribution in [3.63, 3.8) is 0 Å². The summed E-state index contributed by atoms with van der Waals surface area (Å²) in [4.78, 5) is 19.3. The molecule has 3 saturated carbocycles. The van der Waals surface area contributed by atoms with Crippen LogP contribution in [0.5, 0.6) is 0 Å². The Bertz CT molecular complexity index is 596. The maximum Gasteiger partial charge on any atom is 0.225 e. The summed E-state index contributed by atoms with van der Waals surface area (Å²) in [7, 11) is 1.86. The molecule has 0 bridgehead atoms. The molecule has 0 aromatic rings. The fourth-order valence-electron chi connectivity index (χ4n) is 6.30. The molecule has 4 fully saturated rings. The molecule has 1 saturated heterocycles. The number of carbonyl (C=O) groups is 1. The van der Waals surface area contributed by atoms with Crippen LogP contribution in [0.25, 0.3) is 0 Å². The van der Waals surface area contributed by atoms with E-state index in [9.17, 15) is 4.79 Å². The lowest BCUT2D eigenvalue weighted by Crippen LogP contribution is -2.67. The van der Waals surface area contributed by atoms with E-state index < -0.39 is 0 Å². The van der Waals surface area contributed by atoms with Crippen molar-refractivity contribution in [1.29, 1.82) is 0 Å². The Balaban J connectivity index is 1.30.